The maximum absolute atomic E-state index is 4.50. The van der Waals surface area contributed by atoms with Gasteiger partial charge in [-0.2, -0.15) is 0 Å². The number of pyridine rings is 1. The first-order valence-corrected chi connectivity index (χ1v) is 7.55. The molecule has 0 amide bonds. The highest BCUT2D eigenvalue weighted by atomic mass is 15.2. The lowest BCUT2D eigenvalue weighted by atomic mass is 10.2. The summed E-state index contributed by atoms with van der Waals surface area (Å²) in [7, 11) is 0. The Kier molecular flexibility index (Phi) is 4.28. The molecule has 0 bridgehead atoms. The van der Waals surface area contributed by atoms with Gasteiger partial charge in [0.1, 0.15) is 18.0 Å². The Morgan fingerprint density at radius 3 is 2.86 bits per heavy atom. The zero-order valence-electron chi connectivity index (χ0n) is 12.4. The van der Waals surface area contributed by atoms with Crippen molar-refractivity contribution in [3.8, 4) is 0 Å². The van der Waals surface area contributed by atoms with Crippen molar-refractivity contribution in [2.45, 2.75) is 26.2 Å². The van der Waals surface area contributed by atoms with Crippen LogP contribution in [-0.4, -0.2) is 34.6 Å². The third kappa shape index (κ3) is 3.68. The molecule has 110 valence electrons. The van der Waals surface area contributed by atoms with Gasteiger partial charge in [-0.25, -0.2) is 9.97 Å². The molecular formula is C16H21N5. The Hall–Kier alpha value is -2.17. The number of nitrogens with zero attached hydrogens (tertiary/aromatic N) is 4. The van der Waals surface area contributed by atoms with Crippen LogP contribution in [-0.2, 0) is 6.42 Å². The standard InChI is InChI=1S/C16H21N5/c1-13-5-4-6-14(20-13)7-8-17-15-11-16(19-12-18-15)21-9-2-3-10-21/h4-6,11-12H,2-3,7-10H2,1H3,(H,17,18,19). The predicted octanol–water partition coefficient (Wildman–Crippen LogP) is 2.43. The molecule has 5 nitrogen and oxygen atoms in total. The SMILES string of the molecule is Cc1cccc(CCNc2cc(N3CCCC3)ncn2)n1. The first-order chi connectivity index (χ1) is 10.3. The minimum Gasteiger partial charge on any atom is -0.370 e. The van der Waals surface area contributed by atoms with Gasteiger partial charge in [-0.3, -0.25) is 4.98 Å². The van der Waals surface area contributed by atoms with Crippen LogP contribution in [0.2, 0.25) is 0 Å². The normalized spacial score (nSPS) is 14.4. The number of hydrogen-bond donors (Lipinski definition) is 1. The molecule has 1 aliphatic heterocycles. The highest BCUT2D eigenvalue weighted by Crippen LogP contribution is 2.19. The van der Waals surface area contributed by atoms with Gasteiger partial charge in [0.25, 0.3) is 0 Å². The van der Waals surface area contributed by atoms with Crippen molar-refractivity contribution in [2.75, 3.05) is 29.9 Å². The van der Waals surface area contributed by atoms with Crippen LogP contribution < -0.4 is 10.2 Å². The molecule has 5 heteroatoms. The van der Waals surface area contributed by atoms with Crippen LogP contribution in [0.1, 0.15) is 24.2 Å². The fourth-order valence-corrected chi connectivity index (χ4v) is 2.62. The summed E-state index contributed by atoms with van der Waals surface area (Å²) < 4.78 is 0. The molecule has 1 aliphatic rings. The number of hydrogen-bond acceptors (Lipinski definition) is 5. The van der Waals surface area contributed by atoms with Gasteiger partial charge in [0.2, 0.25) is 0 Å². The fourth-order valence-electron chi connectivity index (χ4n) is 2.62. The Labute approximate surface area is 125 Å². The van der Waals surface area contributed by atoms with Crippen molar-refractivity contribution >= 4 is 11.6 Å². The molecule has 0 unspecified atom stereocenters. The van der Waals surface area contributed by atoms with E-state index in [1.54, 1.807) is 6.33 Å². The summed E-state index contributed by atoms with van der Waals surface area (Å²) in [5.41, 5.74) is 2.17. The quantitative estimate of drug-likeness (QED) is 0.913. The molecule has 21 heavy (non-hydrogen) atoms. The number of rotatable bonds is 5. The smallest absolute Gasteiger partial charge is 0.134 e. The average molecular weight is 283 g/mol. The van der Waals surface area contributed by atoms with E-state index in [4.69, 9.17) is 0 Å². The van der Waals surface area contributed by atoms with E-state index in [-0.39, 0.29) is 0 Å². The summed E-state index contributed by atoms with van der Waals surface area (Å²) in [5, 5.41) is 3.36. The summed E-state index contributed by atoms with van der Waals surface area (Å²) in [5.74, 6) is 1.92. The van der Waals surface area contributed by atoms with Crippen molar-refractivity contribution in [1.82, 2.24) is 15.0 Å². The van der Waals surface area contributed by atoms with Crippen molar-refractivity contribution in [3.63, 3.8) is 0 Å². The van der Waals surface area contributed by atoms with Crippen LogP contribution in [0.5, 0.6) is 0 Å². The Morgan fingerprint density at radius 1 is 1.19 bits per heavy atom. The first-order valence-electron chi connectivity index (χ1n) is 7.55. The van der Waals surface area contributed by atoms with Gasteiger partial charge in [-0.1, -0.05) is 6.07 Å². The van der Waals surface area contributed by atoms with Crippen molar-refractivity contribution < 1.29 is 0 Å². The van der Waals surface area contributed by atoms with Crippen LogP contribution in [0.4, 0.5) is 11.6 Å². The lowest BCUT2D eigenvalue weighted by molar-refractivity contribution is 0.915. The van der Waals surface area contributed by atoms with Crippen molar-refractivity contribution in [2.24, 2.45) is 0 Å². The molecule has 0 aromatic carbocycles. The predicted molar refractivity (Wildman–Crippen MR) is 84.6 cm³/mol. The van der Waals surface area contributed by atoms with Crippen molar-refractivity contribution in [1.29, 1.82) is 0 Å². The summed E-state index contributed by atoms with van der Waals surface area (Å²) in [6.45, 7) is 5.05. The van der Waals surface area contributed by atoms with E-state index in [0.717, 1.165) is 49.1 Å². The second-order valence-corrected chi connectivity index (χ2v) is 5.40. The Bertz CT molecular complexity index is 593. The molecule has 3 heterocycles. The second kappa shape index (κ2) is 6.52. The van der Waals surface area contributed by atoms with Crippen LogP contribution in [0, 0.1) is 6.92 Å². The number of nitrogens with one attached hydrogen (secondary N) is 1. The Morgan fingerprint density at radius 2 is 2.05 bits per heavy atom. The lowest BCUT2D eigenvalue weighted by Gasteiger charge is -2.16. The van der Waals surface area contributed by atoms with E-state index in [0.29, 0.717) is 0 Å². The van der Waals surface area contributed by atoms with Gasteiger partial charge in [0.15, 0.2) is 0 Å². The maximum atomic E-state index is 4.50. The molecule has 2 aromatic heterocycles. The zero-order chi connectivity index (χ0) is 14.5. The molecular weight excluding hydrogens is 262 g/mol. The molecule has 1 fully saturated rings. The third-order valence-corrected chi connectivity index (χ3v) is 3.72. The van der Waals surface area contributed by atoms with E-state index in [1.165, 1.54) is 12.8 Å². The molecule has 0 radical (unpaired) electrons. The van der Waals surface area contributed by atoms with Gasteiger partial charge >= 0.3 is 0 Å². The summed E-state index contributed by atoms with van der Waals surface area (Å²) in [6, 6.07) is 8.16. The minimum atomic E-state index is 0.826. The first kappa shape index (κ1) is 13.8. The highest BCUT2D eigenvalue weighted by molar-refractivity contribution is 5.48. The van der Waals surface area contributed by atoms with Crippen LogP contribution in [0.3, 0.4) is 0 Å². The van der Waals surface area contributed by atoms with Gasteiger partial charge in [-0.05, 0) is 31.9 Å². The number of anilines is 2. The van der Waals surface area contributed by atoms with Crippen LogP contribution in [0.15, 0.2) is 30.6 Å². The maximum Gasteiger partial charge on any atom is 0.134 e. The van der Waals surface area contributed by atoms with Gasteiger partial charge in [0.05, 0.1) is 0 Å². The van der Waals surface area contributed by atoms with Gasteiger partial charge < -0.3 is 10.2 Å². The molecule has 1 N–H and O–H groups in total. The average Bonchev–Trinajstić information content (AvgIpc) is 3.02. The summed E-state index contributed by atoms with van der Waals surface area (Å²) in [6.07, 6.45) is 5.04. The fraction of sp³-hybridized carbons (Fsp3) is 0.438. The molecule has 0 atom stereocenters. The van der Waals surface area contributed by atoms with Crippen LogP contribution in [0.25, 0.3) is 0 Å². The van der Waals surface area contributed by atoms with Crippen LogP contribution >= 0.6 is 0 Å². The van der Waals surface area contributed by atoms with E-state index in [9.17, 15) is 0 Å². The molecule has 1 saturated heterocycles. The second-order valence-electron chi connectivity index (χ2n) is 5.40. The van der Waals surface area contributed by atoms with Gasteiger partial charge in [0, 0.05) is 43.5 Å². The number of aryl methyl sites for hydroxylation is 1. The number of aromatic nitrogens is 3. The summed E-state index contributed by atoms with van der Waals surface area (Å²) in [4.78, 5) is 15.5. The van der Waals surface area contributed by atoms with Gasteiger partial charge in [-0.15, -0.1) is 0 Å². The van der Waals surface area contributed by atoms with E-state index >= 15 is 0 Å². The Balaban J connectivity index is 1.56. The molecule has 0 saturated carbocycles. The summed E-state index contributed by atoms with van der Waals surface area (Å²) >= 11 is 0. The highest BCUT2D eigenvalue weighted by Gasteiger charge is 2.13. The third-order valence-electron chi connectivity index (χ3n) is 3.72. The van der Waals surface area contributed by atoms with Crippen molar-refractivity contribution in [3.05, 3.63) is 42.0 Å². The molecule has 0 aliphatic carbocycles. The molecule has 0 spiro atoms. The minimum absolute atomic E-state index is 0.826. The molecule has 3 rings (SSSR count). The zero-order valence-corrected chi connectivity index (χ0v) is 12.4. The van der Waals surface area contributed by atoms with E-state index in [2.05, 4.69) is 31.2 Å². The lowest BCUT2D eigenvalue weighted by Crippen LogP contribution is -2.19. The molecule has 2 aromatic rings. The topological polar surface area (TPSA) is 53.9 Å². The monoisotopic (exact) mass is 283 g/mol. The van der Waals surface area contributed by atoms with E-state index in [1.807, 2.05) is 25.1 Å². The largest absolute Gasteiger partial charge is 0.370 e. The van der Waals surface area contributed by atoms with E-state index < -0.39 is 0 Å².